The molecule has 0 bridgehead atoms. The van der Waals surface area contributed by atoms with Crippen LogP contribution in [0.25, 0.3) is 11.1 Å². The molecule has 27 heavy (non-hydrogen) atoms. The molecule has 140 valence electrons. The zero-order valence-corrected chi connectivity index (χ0v) is 16.3. The fourth-order valence-electron chi connectivity index (χ4n) is 2.53. The molecule has 0 fully saturated rings. The second-order valence-corrected chi connectivity index (χ2v) is 8.00. The van der Waals surface area contributed by atoms with E-state index in [-0.39, 0.29) is 9.77 Å². The van der Waals surface area contributed by atoms with E-state index < -0.39 is 16.0 Å². The average Bonchev–Trinajstić information content (AvgIpc) is 3.14. The van der Waals surface area contributed by atoms with E-state index in [1.807, 2.05) is 6.07 Å². The van der Waals surface area contributed by atoms with Crippen LogP contribution in [-0.2, 0) is 14.8 Å². The Balaban J connectivity index is 2.09. The van der Waals surface area contributed by atoms with Crippen LogP contribution in [0.3, 0.4) is 0 Å². The molecule has 0 aliphatic carbocycles. The highest BCUT2D eigenvalue weighted by atomic mass is 32.2. The van der Waals surface area contributed by atoms with Crippen LogP contribution in [0.15, 0.2) is 64.9 Å². The summed E-state index contributed by atoms with van der Waals surface area (Å²) in [5, 5.41) is 1.64. The Hall–Kier alpha value is -2.84. The minimum absolute atomic E-state index is 0.0253. The highest BCUT2D eigenvalue weighted by Gasteiger charge is 2.29. The van der Waals surface area contributed by atoms with Crippen LogP contribution in [-0.4, -0.2) is 28.6 Å². The summed E-state index contributed by atoms with van der Waals surface area (Å²) < 4.78 is 38.6. The van der Waals surface area contributed by atoms with Gasteiger partial charge in [0.15, 0.2) is 0 Å². The van der Waals surface area contributed by atoms with Crippen molar-refractivity contribution >= 4 is 33.0 Å². The van der Waals surface area contributed by atoms with Gasteiger partial charge in [0.25, 0.3) is 10.0 Å². The van der Waals surface area contributed by atoms with E-state index in [1.165, 1.54) is 14.2 Å². The minimum atomic E-state index is -4.04. The van der Waals surface area contributed by atoms with Gasteiger partial charge in [-0.3, -0.25) is 4.72 Å². The van der Waals surface area contributed by atoms with Crippen LogP contribution < -0.4 is 9.46 Å². The van der Waals surface area contributed by atoms with Crippen LogP contribution in [0.5, 0.6) is 5.75 Å². The van der Waals surface area contributed by atoms with Crippen molar-refractivity contribution in [2.24, 2.45) is 0 Å². The number of sulfonamides is 1. The molecule has 0 amide bonds. The molecule has 1 N–H and O–H groups in total. The lowest BCUT2D eigenvalue weighted by molar-refractivity contribution is 0.0602. The number of rotatable bonds is 6. The normalized spacial score (nSPS) is 11.0. The molecule has 0 atom stereocenters. The molecule has 0 saturated heterocycles. The molecule has 8 heteroatoms. The van der Waals surface area contributed by atoms with Crippen molar-refractivity contribution < 1.29 is 22.7 Å². The third-order valence-corrected chi connectivity index (χ3v) is 6.37. The van der Waals surface area contributed by atoms with Gasteiger partial charge in [-0.1, -0.05) is 30.3 Å². The number of anilines is 1. The van der Waals surface area contributed by atoms with Gasteiger partial charge >= 0.3 is 5.97 Å². The minimum Gasteiger partial charge on any atom is -0.497 e. The predicted octanol–water partition coefficient (Wildman–Crippen LogP) is 4.01. The van der Waals surface area contributed by atoms with Crippen molar-refractivity contribution in [3.63, 3.8) is 0 Å². The van der Waals surface area contributed by atoms with E-state index in [0.29, 0.717) is 22.6 Å². The van der Waals surface area contributed by atoms with Crippen molar-refractivity contribution in [2.75, 3.05) is 18.9 Å². The molecule has 2 aromatic carbocycles. The lowest BCUT2D eigenvalue weighted by Crippen LogP contribution is -2.16. The zero-order valence-electron chi connectivity index (χ0n) is 14.6. The van der Waals surface area contributed by atoms with E-state index in [9.17, 15) is 13.2 Å². The molecule has 0 unspecified atom stereocenters. The Kier molecular flexibility index (Phi) is 5.48. The molecular weight excluding hydrogens is 386 g/mol. The molecular formula is C19H17NO5S2. The van der Waals surface area contributed by atoms with Crippen molar-refractivity contribution in [3.8, 4) is 16.9 Å². The number of carbonyl (C=O) groups is 1. The first kappa shape index (κ1) is 18.9. The maximum atomic E-state index is 13.1. The molecule has 0 saturated carbocycles. The fourth-order valence-corrected chi connectivity index (χ4v) is 5.31. The first-order valence-corrected chi connectivity index (χ1v) is 10.2. The standard InChI is InChI=1S/C19H17NO5S2/c1-24-15-10-8-14(9-11-15)20-27(22,23)18-16(13-6-4-3-5-7-13)12-26-17(18)19(21)25-2/h3-12,20H,1-2H3. The second-order valence-electron chi connectivity index (χ2n) is 5.50. The Morgan fingerprint density at radius 2 is 1.67 bits per heavy atom. The van der Waals surface area contributed by atoms with Gasteiger partial charge in [-0.05, 0) is 29.8 Å². The van der Waals surface area contributed by atoms with Gasteiger partial charge < -0.3 is 9.47 Å². The van der Waals surface area contributed by atoms with Gasteiger partial charge in [-0.25, -0.2) is 13.2 Å². The number of hydrogen-bond acceptors (Lipinski definition) is 6. The zero-order chi connectivity index (χ0) is 19.4. The largest absolute Gasteiger partial charge is 0.497 e. The molecule has 0 aliphatic rings. The second kappa shape index (κ2) is 7.81. The molecule has 0 aliphatic heterocycles. The number of carbonyl (C=O) groups excluding carboxylic acids is 1. The van der Waals surface area contributed by atoms with Gasteiger partial charge in [0.1, 0.15) is 15.5 Å². The van der Waals surface area contributed by atoms with Gasteiger partial charge in [-0.2, -0.15) is 0 Å². The van der Waals surface area contributed by atoms with E-state index in [1.54, 1.807) is 53.9 Å². The topological polar surface area (TPSA) is 81.7 Å². The summed E-state index contributed by atoms with van der Waals surface area (Å²) in [6, 6.07) is 15.5. The summed E-state index contributed by atoms with van der Waals surface area (Å²) >= 11 is 1.03. The van der Waals surface area contributed by atoms with Gasteiger partial charge in [0.05, 0.1) is 14.2 Å². The van der Waals surface area contributed by atoms with Gasteiger partial charge in [0, 0.05) is 16.6 Å². The molecule has 3 rings (SSSR count). The van der Waals surface area contributed by atoms with Crippen molar-refractivity contribution in [3.05, 3.63) is 64.9 Å². The Morgan fingerprint density at radius 3 is 2.26 bits per heavy atom. The number of ether oxygens (including phenoxy) is 2. The molecule has 0 radical (unpaired) electrons. The highest BCUT2D eigenvalue weighted by Crippen LogP contribution is 2.36. The predicted molar refractivity (Wildman–Crippen MR) is 105 cm³/mol. The summed E-state index contributed by atoms with van der Waals surface area (Å²) in [7, 11) is -1.29. The lowest BCUT2D eigenvalue weighted by atomic mass is 10.1. The van der Waals surface area contributed by atoms with Crippen LogP contribution in [0.4, 0.5) is 5.69 Å². The molecule has 6 nitrogen and oxygen atoms in total. The van der Waals surface area contributed by atoms with Crippen molar-refractivity contribution in [2.45, 2.75) is 4.90 Å². The fraction of sp³-hybridized carbons (Fsp3) is 0.105. The van der Waals surface area contributed by atoms with Crippen LogP contribution >= 0.6 is 11.3 Å². The number of benzene rings is 2. The third kappa shape index (κ3) is 3.96. The third-order valence-electron chi connectivity index (χ3n) is 3.81. The van der Waals surface area contributed by atoms with Crippen molar-refractivity contribution in [1.29, 1.82) is 0 Å². The maximum Gasteiger partial charge on any atom is 0.349 e. The number of methoxy groups -OCH3 is 2. The molecule has 1 heterocycles. The monoisotopic (exact) mass is 403 g/mol. The van der Waals surface area contributed by atoms with E-state index in [4.69, 9.17) is 9.47 Å². The summed E-state index contributed by atoms with van der Waals surface area (Å²) in [6.45, 7) is 0. The quantitative estimate of drug-likeness (QED) is 0.629. The molecule has 0 spiro atoms. The first-order valence-electron chi connectivity index (χ1n) is 7.88. The summed E-state index contributed by atoms with van der Waals surface area (Å²) in [6.07, 6.45) is 0. The molecule has 1 aromatic heterocycles. The maximum absolute atomic E-state index is 13.1. The smallest absolute Gasteiger partial charge is 0.349 e. The highest BCUT2D eigenvalue weighted by molar-refractivity contribution is 7.93. The van der Waals surface area contributed by atoms with E-state index in [0.717, 1.165) is 11.3 Å². The number of hydrogen-bond donors (Lipinski definition) is 1. The Bertz CT molecular complexity index is 1040. The van der Waals surface area contributed by atoms with E-state index >= 15 is 0 Å². The SMILES string of the molecule is COC(=O)c1scc(-c2ccccc2)c1S(=O)(=O)Nc1ccc(OC)cc1. The summed E-state index contributed by atoms with van der Waals surface area (Å²) in [4.78, 5) is 12.1. The number of nitrogens with one attached hydrogen (secondary N) is 1. The van der Waals surface area contributed by atoms with Gasteiger partial charge in [-0.15, -0.1) is 11.3 Å². The first-order chi connectivity index (χ1) is 13.0. The average molecular weight is 403 g/mol. The summed E-state index contributed by atoms with van der Waals surface area (Å²) in [5.74, 6) is -0.0917. The number of esters is 1. The van der Waals surface area contributed by atoms with Crippen LogP contribution in [0.1, 0.15) is 9.67 Å². The van der Waals surface area contributed by atoms with Crippen molar-refractivity contribution in [1.82, 2.24) is 0 Å². The Labute approximate surface area is 161 Å². The number of thiophene rings is 1. The van der Waals surface area contributed by atoms with Crippen LogP contribution in [0, 0.1) is 0 Å². The lowest BCUT2D eigenvalue weighted by Gasteiger charge is -2.11. The Morgan fingerprint density at radius 1 is 1.00 bits per heavy atom. The molecule has 3 aromatic rings. The summed E-state index contributed by atoms with van der Waals surface area (Å²) in [5.41, 5.74) is 1.50. The van der Waals surface area contributed by atoms with E-state index in [2.05, 4.69) is 4.72 Å². The van der Waals surface area contributed by atoms with Gasteiger partial charge in [0.2, 0.25) is 0 Å². The van der Waals surface area contributed by atoms with Crippen LogP contribution in [0.2, 0.25) is 0 Å².